The number of nitriles is 1. The third-order valence-electron chi connectivity index (χ3n) is 6.76. The summed E-state index contributed by atoms with van der Waals surface area (Å²) in [6.45, 7) is 0. The lowest BCUT2D eigenvalue weighted by Crippen LogP contribution is -2.52. The maximum atomic E-state index is 13.9. The number of carbonyl (C=O) groups is 2. The summed E-state index contributed by atoms with van der Waals surface area (Å²) in [5, 5.41) is 10.2. The average molecular weight is 464 g/mol. The minimum Gasteiger partial charge on any atom is -0.384 e. The number of Topliss-reactive ketones (excluding diaryl/α,β-unsaturated/α-hetero) is 1. The van der Waals surface area contributed by atoms with E-state index in [9.17, 15) is 28.0 Å². The molecule has 0 fully saturated rings. The van der Waals surface area contributed by atoms with E-state index < -0.39 is 23.1 Å². The topological polar surface area (TPSA) is 90.4 Å². The standard InChI is InChI=1S/C25H19F3N4O2/c1-31-17-9-4-2-7-14(17)24(23(31)34)16(13-29)22(30)32(19-11-6-12-20(33)21(19)24)18-10-5-3-8-15(18)25(26,27)28/h2-5,7-10H,6,11-12,30H2,1H3/t24-/m1/s1. The van der Waals surface area contributed by atoms with Gasteiger partial charge in [0, 0.05) is 36.0 Å². The highest BCUT2D eigenvalue weighted by molar-refractivity contribution is 6.20. The number of ketones is 1. The number of fused-ring (bicyclic) bond motifs is 3. The Balaban J connectivity index is 1.91. The molecule has 2 N–H and O–H groups in total. The van der Waals surface area contributed by atoms with Crippen LogP contribution in [0.1, 0.15) is 30.4 Å². The van der Waals surface area contributed by atoms with Gasteiger partial charge in [-0.2, -0.15) is 18.4 Å². The number of para-hydroxylation sites is 2. The molecule has 6 nitrogen and oxygen atoms in total. The van der Waals surface area contributed by atoms with Gasteiger partial charge in [0.05, 0.1) is 16.8 Å². The molecule has 0 saturated heterocycles. The van der Waals surface area contributed by atoms with Gasteiger partial charge in [-0.25, -0.2) is 0 Å². The number of hydrogen-bond acceptors (Lipinski definition) is 5. The summed E-state index contributed by atoms with van der Waals surface area (Å²) in [6.07, 6.45) is -3.96. The summed E-state index contributed by atoms with van der Waals surface area (Å²) in [4.78, 5) is 29.8. The molecule has 172 valence electrons. The first-order valence-corrected chi connectivity index (χ1v) is 10.7. The van der Waals surface area contributed by atoms with Crippen LogP contribution in [-0.2, 0) is 21.2 Å². The van der Waals surface area contributed by atoms with E-state index in [4.69, 9.17) is 5.73 Å². The Morgan fingerprint density at radius 1 is 1.03 bits per heavy atom. The van der Waals surface area contributed by atoms with Crippen LogP contribution in [0.3, 0.4) is 0 Å². The minimum atomic E-state index is -4.70. The van der Waals surface area contributed by atoms with Crippen LogP contribution in [0.15, 0.2) is 71.2 Å². The molecule has 34 heavy (non-hydrogen) atoms. The number of halogens is 3. The Labute approximate surface area is 193 Å². The van der Waals surface area contributed by atoms with Crippen molar-refractivity contribution in [2.45, 2.75) is 30.9 Å². The van der Waals surface area contributed by atoms with E-state index in [1.165, 1.54) is 23.1 Å². The third kappa shape index (κ3) is 2.62. The first-order valence-electron chi connectivity index (χ1n) is 10.7. The van der Waals surface area contributed by atoms with Crippen LogP contribution in [-0.4, -0.2) is 18.7 Å². The smallest absolute Gasteiger partial charge is 0.384 e. The fraction of sp³-hybridized carbons (Fsp3) is 0.240. The molecule has 5 rings (SSSR count). The van der Waals surface area contributed by atoms with Crippen molar-refractivity contribution < 1.29 is 22.8 Å². The van der Waals surface area contributed by atoms with Crippen LogP contribution in [0.4, 0.5) is 24.5 Å². The molecule has 2 heterocycles. The van der Waals surface area contributed by atoms with Crippen LogP contribution in [0.2, 0.25) is 0 Å². The molecule has 2 aromatic rings. The molecular weight excluding hydrogens is 445 g/mol. The highest BCUT2D eigenvalue weighted by Crippen LogP contribution is 2.57. The van der Waals surface area contributed by atoms with E-state index in [1.807, 2.05) is 6.07 Å². The van der Waals surface area contributed by atoms with Crippen molar-refractivity contribution in [2.75, 3.05) is 16.8 Å². The van der Waals surface area contributed by atoms with Gasteiger partial charge in [-0.3, -0.25) is 14.5 Å². The first-order chi connectivity index (χ1) is 16.2. The first kappa shape index (κ1) is 21.8. The number of carbonyl (C=O) groups excluding carboxylic acids is 2. The van der Waals surface area contributed by atoms with E-state index in [0.29, 0.717) is 17.7 Å². The number of likely N-dealkylation sites (N-methyl/N-ethyl adjacent to an activating group) is 1. The molecule has 2 aromatic carbocycles. The third-order valence-corrected chi connectivity index (χ3v) is 6.76. The predicted molar refractivity (Wildman–Crippen MR) is 118 cm³/mol. The Bertz CT molecular complexity index is 1370. The Morgan fingerprint density at radius 3 is 2.35 bits per heavy atom. The van der Waals surface area contributed by atoms with Crippen molar-refractivity contribution in [3.05, 3.63) is 82.3 Å². The molecule has 0 bridgehead atoms. The van der Waals surface area contributed by atoms with Gasteiger partial charge in [0.15, 0.2) is 5.78 Å². The highest BCUT2D eigenvalue weighted by atomic mass is 19.4. The number of nitrogens with two attached hydrogens (primary N) is 1. The summed E-state index contributed by atoms with van der Waals surface area (Å²) in [5.74, 6) is -1.19. The quantitative estimate of drug-likeness (QED) is 0.685. The highest BCUT2D eigenvalue weighted by Gasteiger charge is 2.61. The largest absolute Gasteiger partial charge is 0.418 e. The van der Waals surface area contributed by atoms with Crippen molar-refractivity contribution in [1.29, 1.82) is 5.26 Å². The summed E-state index contributed by atoms with van der Waals surface area (Å²) >= 11 is 0. The van der Waals surface area contributed by atoms with Gasteiger partial charge in [-0.05, 0) is 31.0 Å². The maximum absolute atomic E-state index is 13.9. The van der Waals surface area contributed by atoms with Gasteiger partial charge in [-0.1, -0.05) is 30.3 Å². The second kappa shape index (κ2) is 7.22. The zero-order valence-electron chi connectivity index (χ0n) is 18.1. The summed E-state index contributed by atoms with van der Waals surface area (Å²) in [7, 11) is 1.54. The molecule has 1 aliphatic carbocycles. The van der Waals surface area contributed by atoms with Crippen molar-refractivity contribution in [3.63, 3.8) is 0 Å². The molecule has 0 radical (unpaired) electrons. The molecule has 9 heteroatoms. The normalized spacial score (nSPS) is 22.3. The number of nitrogens with zero attached hydrogens (tertiary/aromatic N) is 3. The second-order valence-corrected chi connectivity index (χ2v) is 8.45. The Hall–Kier alpha value is -4.06. The molecule has 0 aromatic heterocycles. The monoisotopic (exact) mass is 464 g/mol. The van der Waals surface area contributed by atoms with Gasteiger partial charge in [0.1, 0.15) is 17.3 Å². The number of hydrogen-bond donors (Lipinski definition) is 1. The zero-order chi connectivity index (χ0) is 24.4. The molecule has 2 aliphatic heterocycles. The number of alkyl halides is 3. The molecule has 1 spiro atoms. The van der Waals surface area contributed by atoms with Gasteiger partial charge >= 0.3 is 6.18 Å². The van der Waals surface area contributed by atoms with Crippen molar-refractivity contribution >= 4 is 23.1 Å². The summed E-state index contributed by atoms with van der Waals surface area (Å²) in [6, 6.07) is 13.6. The lowest BCUT2D eigenvalue weighted by Gasteiger charge is -2.44. The zero-order valence-corrected chi connectivity index (χ0v) is 18.1. The van der Waals surface area contributed by atoms with E-state index in [-0.39, 0.29) is 47.0 Å². The molecular formula is C25H19F3N4O2. The number of anilines is 2. The van der Waals surface area contributed by atoms with Crippen LogP contribution in [0.5, 0.6) is 0 Å². The predicted octanol–water partition coefficient (Wildman–Crippen LogP) is 4.14. The number of benzene rings is 2. The summed E-state index contributed by atoms with van der Waals surface area (Å²) < 4.78 is 41.8. The van der Waals surface area contributed by atoms with Crippen molar-refractivity contribution in [2.24, 2.45) is 5.73 Å². The van der Waals surface area contributed by atoms with E-state index in [0.717, 1.165) is 11.0 Å². The minimum absolute atomic E-state index is 0.0308. The van der Waals surface area contributed by atoms with Gasteiger partial charge < -0.3 is 10.6 Å². The number of rotatable bonds is 1. The Kier molecular flexibility index (Phi) is 4.62. The second-order valence-electron chi connectivity index (χ2n) is 8.45. The van der Waals surface area contributed by atoms with E-state index >= 15 is 0 Å². The van der Waals surface area contributed by atoms with Gasteiger partial charge in [0.2, 0.25) is 5.91 Å². The van der Waals surface area contributed by atoms with Gasteiger partial charge in [-0.15, -0.1) is 0 Å². The van der Waals surface area contributed by atoms with Crippen molar-refractivity contribution in [1.82, 2.24) is 0 Å². The van der Waals surface area contributed by atoms with Crippen LogP contribution in [0.25, 0.3) is 0 Å². The molecule has 0 unspecified atom stereocenters. The van der Waals surface area contributed by atoms with Gasteiger partial charge in [0.25, 0.3) is 0 Å². The molecule has 1 atom stereocenters. The summed E-state index contributed by atoms with van der Waals surface area (Å²) in [5.41, 5.74) is 4.36. The average Bonchev–Trinajstić information content (AvgIpc) is 3.02. The lowest BCUT2D eigenvalue weighted by atomic mass is 9.63. The fourth-order valence-electron chi connectivity index (χ4n) is 5.42. The van der Waals surface area contributed by atoms with Crippen LogP contribution < -0.4 is 15.5 Å². The molecule has 0 saturated carbocycles. The number of amides is 1. The van der Waals surface area contributed by atoms with E-state index in [1.54, 1.807) is 31.3 Å². The molecule has 3 aliphatic rings. The fourth-order valence-corrected chi connectivity index (χ4v) is 5.42. The number of allylic oxidation sites excluding steroid dienone is 1. The SMILES string of the molecule is CN1C(=O)[C@@]2(C(C#N)=C(N)N(c3ccccc3C(F)(F)F)C3=C2C(=O)CCC3)c2ccccc21. The maximum Gasteiger partial charge on any atom is 0.418 e. The Morgan fingerprint density at radius 2 is 1.68 bits per heavy atom. The van der Waals surface area contributed by atoms with Crippen molar-refractivity contribution in [3.8, 4) is 6.07 Å². The van der Waals surface area contributed by atoms with E-state index in [2.05, 4.69) is 0 Å². The molecule has 1 amide bonds. The van der Waals surface area contributed by atoms with Crippen LogP contribution in [0, 0.1) is 11.3 Å². The van der Waals surface area contributed by atoms with Crippen LogP contribution >= 0.6 is 0 Å². The lowest BCUT2D eigenvalue weighted by molar-refractivity contribution is -0.137.